The number of ether oxygens (including phenoxy) is 2. The summed E-state index contributed by atoms with van der Waals surface area (Å²) in [6.07, 6.45) is 9.78. The van der Waals surface area contributed by atoms with E-state index in [1.54, 1.807) is 4.90 Å². The first-order valence-corrected chi connectivity index (χ1v) is 58.6. The number of alkyl halides is 4. The molecule has 0 amide bonds. The summed E-state index contributed by atoms with van der Waals surface area (Å²) in [7, 11) is -8.77. The van der Waals surface area contributed by atoms with Crippen molar-refractivity contribution in [1.29, 1.82) is 0 Å². The fourth-order valence-electron chi connectivity index (χ4n) is 20.5. The number of benzene rings is 9. The lowest BCUT2D eigenvalue weighted by atomic mass is 9.48. The van der Waals surface area contributed by atoms with E-state index >= 15 is 0 Å². The van der Waals surface area contributed by atoms with Crippen LogP contribution >= 0.6 is 12.0 Å². The second-order valence-electron chi connectivity index (χ2n) is 46.1. The van der Waals surface area contributed by atoms with E-state index < -0.39 is 71.8 Å². The maximum atomic E-state index is 13.3. The molecule has 8 aliphatic carbocycles. The standard InChI is InChI=1S/3C26H31S.C14H20F2O3.C13H18F2O6S.C6H15N.C4H12O4S.C2H6O4S.HI/c3*1-25(2,3)20-12-16-23(17-13-20)27(22-10-8-7-9-11-22)24-18-14-21(15-19-24)26(4,5)6;1-12(15,16)11(17)19-8-13-3-9-2-10(4-13)6-14(18,5-9)7-13;14-13(15,22-21-20-18)10(16)19-7-11-2-8-1-9(3-11)5-12(17,4-8)6-11;1-4-7(5-2)6-3;1-3-9(6,7,4-2)8-5;1-2-6-7(3,4)5;/h3*7-19H,1-6H3;9-10,18H,2-8H2,1H3;8-9,17-18H,1-7H2;4-6H2,1-3H3;5H,3-4H2,1-2H3,(H,6,7);2H2,1H3,(H,3,4,5);1H/q3*+1;;;;;;/p-2. The third kappa shape index (κ3) is 37.7. The highest BCUT2D eigenvalue weighted by atomic mass is 127. The topological polar surface area (TPSA) is 272 Å². The molecule has 808 valence electrons. The van der Waals surface area contributed by atoms with Gasteiger partial charge < -0.3 is 62.9 Å². The zero-order chi connectivity index (χ0) is 108. The SMILES string of the molecule is CC(C)(C)c1ccc([S+](c2ccccc2)c2ccc(C(C)(C)C)cc2)cc1.CC(C)(C)c1ccc([S+](c2ccccc2)c2ccc(C(C)(C)C)cc2)cc1.CC(C)(C)c1ccc([S+](c2ccccc2)c2ccc(C(C)(C)C)cc2)cc1.CC(F)(F)C(=O)OCC12CC3CC(CC(O)(C3)C1)C2.CCOS(=O)(=O)[O-].CCS(=O)(O)(CC)OO.CC[NH+](CC)CC.O=C(OCC12CC3CC(CC(O)(C3)C1)C2)C(F)(F)SOO[O-].[I-]. The lowest BCUT2D eigenvalue weighted by Gasteiger charge is -2.59. The first kappa shape index (κ1) is 126. The number of quaternary nitrogens is 1. The van der Waals surface area contributed by atoms with Crippen LogP contribution in [0.1, 0.15) is 284 Å². The smallest absolute Gasteiger partial charge is 0.415 e. The molecule has 9 aromatic rings. The molecule has 0 radical (unpaired) electrons. The molecule has 5 N–H and O–H groups in total. The highest BCUT2D eigenvalue weighted by Gasteiger charge is 2.60. The maximum Gasteiger partial charge on any atom is 0.415 e. The van der Waals surface area contributed by atoms with E-state index in [2.05, 4.69) is 400 Å². The second-order valence-corrected chi connectivity index (χ2v) is 57.6. The molecule has 18 nitrogen and oxygen atoms in total. The van der Waals surface area contributed by atoms with Gasteiger partial charge in [-0.2, -0.15) is 21.9 Å². The number of rotatable bonds is 26. The van der Waals surface area contributed by atoms with Gasteiger partial charge in [0.1, 0.15) is 21.7 Å². The fraction of sp³-hybridized carbons (Fsp3) is 0.521. The van der Waals surface area contributed by atoms with Gasteiger partial charge in [-0.3, -0.25) is 9.22 Å². The van der Waals surface area contributed by atoms with Crippen molar-refractivity contribution in [2.24, 2.45) is 34.5 Å². The van der Waals surface area contributed by atoms with Gasteiger partial charge in [0.2, 0.25) is 10.4 Å². The largest absolute Gasteiger partial charge is 1.00 e. The van der Waals surface area contributed by atoms with Crippen LogP contribution in [0.25, 0.3) is 0 Å². The van der Waals surface area contributed by atoms with Crippen LogP contribution in [0.2, 0.25) is 0 Å². The van der Waals surface area contributed by atoms with E-state index in [9.17, 15) is 59.8 Å². The Morgan fingerprint density at radius 2 is 0.630 bits per heavy atom. The first-order valence-electron chi connectivity index (χ1n) is 50.7. The van der Waals surface area contributed by atoms with Gasteiger partial charge in [-0.05, 0) is 303 Å². The Labute approximate surface area is 899 Å². The molecule has 4 atom stereocenters. The Hall–Kier alpha value is -6.57. The molecular formula is C117H163F4INO17S6+. The van der Waals surface area contributed by atoms with Gasteiger partial charge >= 0.3 is 23.1 Å². The molecule has 8 fully saturated rings. The third-order valence-electron chi connectivity index (χ3n) is 27.8. The minimum absolute atomic E-state index is 0. The van der Waals surface area contributed by atoms with Crippen molar-refractivity contribution in [3.05, 3.63) is 270 Å². The normalized spacial score (nSPS) is 20.8. The van der Waals surface area contributed by atoms with Gasteiger partial charge in [-0.1, -0.05) is 266 Å². The highest BCUT2D eigenvalue weighted by molar-refractivity contribution is 8.10. The van der Waals surface area contributed by atoms with Gasteiger partial charge in [0, 0.05) is 29.3 Å². The van der Waals surface area contributed by atoms with E-state index in [0.29, 0.717) is 43.4 Å². The van der Waals surface area contributed by atoms with Crippen molar-refractivity contribution < 1.29 is 126 Å². The number of hydrogen-bond acceptors (Lipinski definition) is 17. The van der Waals surface area contributed by atoms with E-state index in [1.807, 2.05) is 0 Å². The van der Waals surface area contributed by atoms with Crippen LogP contribution in [0.15, 0.2) is 281 Å². The predicted octanol–water partition coefficient (Wildman–Crippen LogP) is 23.1. The maximum absolute atomic E-state index is 13.3. The molecular weight excluding hydrogens is 2090 g/mol. The summed E-state index contributed by atoms with van der Waals surface area (Å²) in [5.41, 5.74) is 7.29. The molecule has 0 heterocycles. The summed E-state index contributed by atoms with van der Waals surface area (Å²) in [5, 5.41) is 37.4. The van der Waals surface area contributed by atoms with Crippen molar-refractivity contribution >= 4 is 76.7 Å². The van der Waals surface area contributed by atoms with E-state index in [0.717, 1.165) is 64.2 Å². The summed E-state index contributed by atoms with van der Waals surface area (Å²) < 4.78 is 121. The first-order chi connectivity index (χ1) is 67.3. The fourth-order valence-corrected chi connectivity index (χ4v) is 27.9. The Morgan fingerprint density at radius 3 is 0.788 bits per heavy atom. The van der Waals surface area contributed by atoms with Gasteiger partial charge in [0.05, 0.1) is 83.3 Å². The molecule has 29 heteroatoms. The summed E-state index contributed by atoms with van der Waals surface area (Å²) in [4.78, 5) is 36.7. The van der Waals surface area contributed by atoms with E-state index in [4.69, 9.17) is 19.3 Å². The van der Waals surface area contributed by atoms with Crippen LogP contribution in [0.4, 0.5) is 17.6 Å². The van der Waals surface area contributed by atoms with Crippen LogP contribution in [0, 0.1) is 34.5 Å². The molecule has 4 unspecified atom stereocenters. The highest BCUT2D eigenvalue weighted by Crippen LogP contribution is 2.63. The summed E-state index contributed by atoms with van der Waals surface area (Å²) in [6, 6.07) is 87.9. The summed E-state index contributed by atoms with van der Waals surface area (Å²) in [6.45, 7) is 56.1. The zero-order valence-corrected chi connectivity index (χ0v) is 97.5. The number of hydrogen-bond donors (Lipinski definition) is 5. The van der Waals surface area contributed by atoms with Crippen molar-refractivity contribution in [1.82, 2.24) is 0 Å². The molecule has 0 aliphatic heterocycles. The van der Waals surface area contributed by atoms with E-state index in [-0.39, 0.29) is 126 Å². The van der Waals surface area contributed by atoms with Gasteiger partial charge in [-0.25, -0.2) is 27.5 Å². The lowest BCUT2D eigenvalue weighted by molar-refractivity contribution is -0.894. The van der Waals surface area contributed by atoms with Crippen LogP contribution in [-0.4, -0.2) is 122 Å². The molecule has 0 aromatic heterocycles. The number of esters is 2. The van der Waals surface area contributed by atoms with Crippen LogP contribution in [0.5, 0.6) is 0 Å². The van der Waals surface area contributed by atoms with Crippen LogP contribution in [0.3, 0.4) is 0 Å². The molecule has 146 heavy (non-hydrogen) atoms. The summed E-state index contributed by atoms with van der Waals surface area (Å²) in [5.74, 6) is -5.13. The molecule has 8 saturated carbocycles. The van der Waals surface area contributed by atoms with Gasteiger partial charge in [0.15, 0.2) is 44.1 Å². The van der Waals surface area contributed by atoms with Gasteiger partial charge in [-0.15, -0.1) is 4.33 Å². The average molecular weight is 2250 g/mol. The van der Waals surface area contributed by atoms with Crippen molar-refractivity contribution in [2.45, 2.75) is 349 Å². The van der Waals surface area contributed by atoms with Crippen molar-refractivity contribution in [3.8, 4) is 0 Å². The Balaban J connectivity index is 0.000000235. The molecule has 0 spiro atoms. The van der Waals surface area contributed by atoms with Crippen LogP contribution < -0.4 is 34.1 Å². The number of carbonyl (C=O) groups is 2. The number of nitrogens with one attached hydrogen (secondary N) is 1. The Morgan fingerprint density at radius 1 is 0.404 bits per heavy atom. The Bertz CT molecular complexity index is 5100. The molecule has 0 saturated heterocycles. The average Bonchev–Trinajstić information content (AvgIpc) is 0.730. The van der Waals surface area contributed by atoms with Crippen LogP contribution in [-0.2, 0) is 122 Å². The quantitative estimate of drug-likeness (QED) is 0.00388. The molecule has 17 rings (SSSR count). The molecule has 8 aliphatic rings. The van der Waals surface area contributed by atoms with Crippen molar-refractivity contribution in [3.63, 3.8) is 0 Å². The number of carbonyl (C=O) groups excluding carboxylic acids is 2. The van der Waals surface area contributed by atoms with Crippen molar-refractivity contribution in [2.75, 3.05) is 51.0 Å². The molecule has 8 bridgehead atoms. The number of aliphatic hydroxyl groups is 2. The minimum atomic E-state index is -4.42. The minimum Gasteiger partial charge on any atom is -1.00 e. The van der Waals surface area contributed by atoms with Gasteiger partial charge in [0.25, 0.3) is 0 Å². The van der Waals surface area contributed by atoms with E-state index in [1.165, 1.54) is 118 Å². The monoisotopic (exact) mass is 2250 g/mol. The molecule has 9 aromatic carbocycles. The Kier molecular flexibility index (Phi) is 45.7. The predicted molar refractivity (Wildman–Crippen MR) is 578 cm³/mol. The lowest BCUT2D eigenvalue weighted by Crippen LogP contribution is -3.11. The summed E-state index contributed by atoms with van der Waals surface area (Å²) >= 11 is -0.689. The second kappa shape index (κ2) is 52.8. The third-order valence-corrected chi connectivity index (χ3v) is 38.2. The zero-order valence-electron chi connectivity index (χ0n) is 90.4. The number of halogens is 5.